The lowest BCUT2D eigenvalue weighted by Gasteiger charge is -2.20. The van der Waals surface area contributed by atoms with Crippen LogP contribution in [0.1, 0.15) is 43.1 Å². The van der Waals surface area contributed by atoms with E-state index in [-0.39, 0.29) is 17.0 Å². The van der Waals surface area contributed by atoms with Crippen molar-refractivity contribution in [1.82, 2.24) is 5.32 Å². The van der Waals surface area contributed by atoms with Crippen LogP contribution in [0.4, 0.5) is 0 Å². The zero-order valence-corrected chi connectivity index (χ0v) is 11.0. The predicted molar refractivity (Wildman–Crippen MR) is 69.6 cm³/mol. The van der Waals surface area contributed by atoms with Gasteiger partial charge >= 0.3 is 5.97 Å². The van der Waals surface area contributed by atoms with Crippen molar-refractivity contribution >= 4 is 11.9 Å². The number of rotatable bonds is 4. The van der Waals surface area contributed by atoms with Gasteiger partial charge in [0, 0.05) is 12.0 Å². The molecular formula is C14H19NO3. The van der Waals surface area contributed by atoms with Crippen LogP contribution < -0.4 is 5.32 Å². The van der Waals surface area contributed by atoms with E-state index in [2.05, 4.69) is 5.32 Å². The summed E-state index contributed by atoms with van der Waals surface area (Å²) in [4.78, 5) is 22.6. The first-order valence-electron chi connectivity index (χ1n) is 5.92. The first-order valence-corrected chi connectivity index (χ1v) is 5.92. The molecule has 1 amide bonds. The number of aromatic carboxylic acids is 1. The van der Waals surface area contributed by atoms with Crippen LogP contribution in [0.2, 0.25) is 0 Å². The second kappa shape index (κ2) is 5.67. The van der Waals surface area contributed by atoms with Gasteiger partial charge in [0.1, 0.15) is 0 Å². The summed E-state index contributed by atoms with van der Waals surface area (Å²) in [6.07, 6.45) is 0.728. The number of carboxylic acid groups (broad SMARTS) is 1. The number of benzene rings is 1. The SMILES string of the molecule is CC(C)(C)NC(=O)CCc1ccccc1C(=O)O. The van der Waals surface area contributed by atoms with Crippen molar-refractivity contribution in [3.05, 3.63) is 35.4 Å². The van der Waals surface area contributed by atoms with Gasteiger partial charge in [-0.1, -0.05) is 18.2 Å². The summed E-state index contributed by atoms with van der Waals surface area (Å²) >= 11 is 0. The van der Waals surface area contributed by atoms with Crippen LogP contribution in [0.25, 0.3) is 0 Å². The highest BCUT2D eigenvalue weighted by Crippen LogP contribution is 2.11. The van der Waals surface area contributed by atoms with Crippen molar-refractivity contribution in [2.75, 3.05) is 0 Å². The molecule has 0 atom stereocenters. The fraction of sp³-hybridized carbons (Fsp3) is 0.429. The normalized spacial score (nSPS) is 11.1. The molecule has 0 saturated heterocycles. The Balaban J connectivity index is 2.64. The van der Waals surface area contributed by atoms with E-state index in [4.69, 9.17) is 5.11 Å². The smallest absolute Gasteiger partial charge is 0.335 e. The molecule has 98 valence electrons. The predicted octanol–water partition coefficient (Wildman–Crippen LogP) is 2.23. The van der Waals surface area contributed by atoms with Gasteiger partial charge in [0.15, 0.2) is 0 Å². The molecule has 0 aliphatic rings. The van der Waals surface area contributed by atoms with Crippen LogP contribution in [0.5, 0.6) is 0 Å². The summed E-state index contributed by atoms with van der Waals surface area (Å²) in [7, 11) is 0. The molecule has 4 nitrogen and oxygen atoms in total. The first kappa shape index (κ1) is 14.2. The molecule has 0 aliphatic carbocycles. The van der Waals surface area contributed by atoms with Gasteiger partial charge in [0.25, 0.3) is 0 Å². The van der Waals surface area contributed by atoms with E-state index in [9.17, 15) is 9.59 Å². The Morgan fingerprint density at radius 3 is 2.39 bits per heavy atom. The molecule has 1 rings (SSSR count). The Hall–Kier alpha value is -1.84. The monoisotopic (exact) mass is 249 g/mol. The fourth-order valence-corrected chi connectivity index (χ4v) is 1.68. The molecule has 0 saturated carbocycles. The molecular weight excluding hydrogens is 230 g/mol. The highest BCUT2D eigenvalue weighted by atomic mass is 16.4. The van der Waals surface area contributed by atoms with Crippen molar-refractivity contribution in [1.29, 1.82) is 0 Å². The Morgan fingerprint density at radius 2 is 1.83 bits per heavy atom. The van der Waals surface area contributed by atoms with Gasteiger partial charge in [-0.25, -0.2) is 4.79 Å². The van der Waals surface area contributed by atoms with E-state index < -0.39 is 5.97 Å². The molecule has 0 radical (unpaired) electrons. The molecule has 4 heteroatoms. The Bertz CT molecular complexity index is 447. The molecule has 0 aliphatic heterocycles. The van der Waals surface area contributed by atoms with E-state index in [0.717, 1.165) is 0 Å². The van der Waals surface area contributed by atoms with Crippen LogP contribution in [0, 0.1) is 0 Å². The lowest BCUT2D eigenvalue weighted by atomic mass is 10.0. The molecule has 18 heavy (non-hydrogen) atoms. The highest BCUT2D eigenvalue weighted by molar-refractivity contribution is 5.89. The van der Waals surface area contributed by atoms with Gasteiger partial charge in [0.05, 0.1) is 5.56 Å². The van der Waals surface area contributed by atoms with Crippen molar-refractivity contribution < 1.29 is 14.7 Å². The van der Waals surface area contributed by atoms with Gasteiger partial charge in [0.2, 0.25) is 5.91 Å². The number of amides is 1. The Morgan fingerprint density at radius 1 is 1.22 bits per heavy atom. The molecule has 1 aromatic carbocycles. The molecule has 0 bridgehead atoms. The molecule has 0 aromatic heterocycles. The summed E-state index contributed by atoms with van der Waals surface area (Å²) in [5.41, 5.74) is 0.693. The van der Waals surface area contributed by atoms with Crippen molar-refractivity contribution in [2.24, 2.45) is 0 Å². The zero-order chi connectivity index (χ0) is 13.8. The first-order chi connectivity index (χ1) is 8.29. The average molecular weight is 249 g/mol. The third-order valence-electron chi connectivity index (χ3n) is 2.38. The number of nitrogens with one attached hydrogen (secondary N) is 1. The van der Waals surface area contributed by atoms with E-state index in [1.54, 1.807) is 24.3 Å². The lowest BCUT2D eigenvalue weighted by Crippen LogP contribution is -2.40. The van der Waals surface area contributed by atoms with Crippen molar-refractivity contribution in [3.63, 3.8) is 0 Å². The standard InChI is InChI=1S/C14H19NO3/c1-14(2,3)15-12(16)9-8-10-6-4-5-7-11(10)13(17)18/h4-7H,8-9H2,1-3H3,(H,15,16)(H,17,18). The quantitative estimate of drug-likeness (QED) is 0.860. The maximum atomic E-state index is 11.7. The molecule has 0 heterocycles. The molecule has 0 spiro atoms. The topological polar surface area (TPSA) is 66.4 Å². The minimum atomic E-state index is -0.957. The van der Waals surface area contributed by atoms with Crippen LogP contribution in [0.3, 0.4) is 0 Å². The molecule has 0 fully saturated rings. The van der Waals surface area contributed by atoms with Gasteiger partial charge in [-0.05, 0) is 38.8 Å². The maximum Gasteiger partial charge on any atom is 0.335 e. The number of hydrogen-bond acceptors (Lipinski definition) is 2. The van der Waals surface area contributed by atoms with E-state index in [1.165, 1.54) is 0 Å². The van der Waals surface area contributed by atoms with Crippen LogP contribution >= 0.6 is 0 Å². The minimum Gasteiger partial charge on any atom is -0.478 e. The Kier molecular flexibility index (Phi) is 4.48. The lowest BCUT2D eigenvalue weighted by molar-refractivity contribution is -0.122. The summed E-state index contributed by atoms with van der Waals surface area (Å²) in [5.74, 6) is -1.02. The van der Waals surface area contributed by atoms with E-state index in [0.29, 0.717) is 18.4 Å². The number of carbonyl (C=O) groups excluding carboxylic acids is 1. The van der Waals surface area contributed by atoms with Crippen LogP contribution in [-0.4, -0.2) is 22.5 Å². The number of aryl methyl sites for hydroxylation is 1. The zero-order valence-electron chi connectivity index (χ0n) is 11.0. The Labute approximate surface area is 107 Å². The second-order valence-corrected chi connectivity index (χ2v) is 5.26. The van der Waals surface area contributed by atoms with Gasteiger partial charge in [-0.2, -0.15) is 0 Å². The third-order valence-corrected chi connectivity index (χ3v) is 2.38. The number of hydrogen-bond donors (Lipinski definition) is 2. The van der Waals surface area contributed by atoms with Crippen molar-refractivity contribution in [2.45, 2.75) is 39.2 Å². The minimum absolute atomic E-state index is 0.0670. The van der Waals surface area contributed by atoms with Crippen molar-refractivity contribution in [3.8, 4) is 0 Å². The molecule has 2 N–H and O–H groups in total. The maximum absolute atomic E-state index is 11.7. The van der Waals surface area contributed by atoms with Gasteiger partial charge < -0.3 is 10.4 Å². The van der Waals surface area contributed by atoms with Gasteiger partial charge in [-0.3, -0.25) is 4.79 Å². The largest absolute Gasteiger partial charge is 0.478 e. The number of carbonyl (C=O) groups is 2. The van der Waals surface area contributed by atoms with Gasteiger partial charge in [-0.15, -0.1) is 0 Å². The van der Waals surface area contributed by atoms with E-state index >= 15 is 0 Å². The summed E-state index contributed by atoms with van der Waals surface area (Å²) in [6.45, 7) is 5.74. The van der Waals surface area contributed by atoms with Crippen LogP contribution in [-0.2, 0) is 11.2 Å². The second-order valence-electron chi connectivity index (χ2n) is 5.26. The van der Waals surface area contributed by atoms with Crippen LogP contribution in [0.15, 0.2) is 24.3 Å². The summed E-state index contributed by atoms with van der Waals surface area (Å²) < 4.78 is 0. The van der Waals surface area contributed by atoms with E-state index in [1.807, 2.05) is 20.8 Å². The molecule has 1 aromatic rings. The summed E-state index contributed by atoms with van der Waals surface area (Å²) in [5, 5.41) is 11.9. The summed E-state index contributed by atoms with van der Waals surface area (Å²) in [6, 6.07) is 6.76. The third kappa shape index (κ3) is 4.57. The fourth-order valence-electron chi connectivity index (χ4n) is 1.68. The average Bonchev–Trinajstić information content (AvgIpc) is 2.24. The molecule has 0 unspecified atom stereocenters. The number of carboxylic acids is 1. The highest BCUT2D eigenvalue weighted by Gasteiger charge is 2.15.